The number of hydrogen-bond donors (Lipinski definition) is 2. The number of fused-ring (bicyclic) bond motifs is 1. The van der Waals surface area contributed by atoms with E-state index in [2.05, 4.69) is 10.6 Å². The first-order valence-corrected chi connectivity index (χ1v) is 12.0. The van der Waals surface area contributed by atoms with Gasteiger partial charge >= 0.3 is 0 Å². The molecule has 2 N–H and O–H groups in total. The number of amides is 1. The average Bonchev–Trinajstić information content (AvgIpc) is 3.39. The SMILES string of the molecule is COc1ccccc1CNC(=O)c1cc([C@@H]2CCNC[C@H]2COc2ccc3c(c2)OCO3)ccc1F.Cl. The van der Waals surface area contributed by atoms with E-state index in [0.29, 0.717) is 29.6 Å². The van der Waals surface area contributed by atoms with Crippen LogP contribution in [0, 0.1) is 11.7 Å². The Morgan fingerprint density at radius 1 is 1.11 bits per heavy atom. The van der Waals surface area contributed by atoms with Crippen molar-refractivity contribution in [2.45, 2.75) is 18.9 Å². The molecule has 2 aliphatic heterocycles. The highest BCUT2D eigenvalue weighted by Crippen LogP contribution is 2.36. The Kier molecular flexibility index (Phi) is 8.74. The van der Waals surface area contributed by atoms with Crippen molar-refractivity contribution in [2.75, 3.05) is 33.6 Å². The van der Waals surface area contributed by atoms with Gasteiger partial charge in [0.05, 0.1) is 19.3 Å². The van der Waals surface area contributed by atoms with Crippen molar-refractivity contribution >= 4 is 18.3 Å². The van der Waals surface area contributed by atoms with Gasteiger partial charge in [0.25, 0.3) is 5.91 Å². The molecule has 0 spiro atoms. The molecule has 2 heterocycles. The standard InChI is InChI=1S/C28H29FN2O5.ClH/c1-33-25-5-3-2-4-19(25)15-31-28(32)23-12-18(6-8-24(23)29)22-10-11-30-14-20(22)16-34-21-7-9-26-27(13-21)36-17-35-26;/h2-9,12-13,20,22,30H,10-11,14-17H2,1H3,(H,31,32);1H/t20-,22-;/m0./s1. The number of benzene rings is 3. The van der Waals surface area contributed by atoms with E-state index in [1.807, 2.05) is 42.5 Å². The zero-order valence-corrected chi connectivity index (χ0v) is 21.3. The highest BCUT2D eigenvalue weighted by Gasteiger charge is 2.28. The topological polar surface area (TPSA) is 78.1 Å². The highest BCUT2D eigenvalue weighted by molar-refractivity contribution is 5.94. The maximum Gasteiger partial charge on any atom is 0.254 e. The number of halogens is 2. The van der Waals surface area contributed by atoms with Crippen LogP contribution in [0.5, 0.6) is 23.0 Å². The maximum atomic E-state index is 14.7. The van der Waals surface area contributed by atoms with E-state index >= 15 is 0 Å². The van der Waals surface area contributed by atoms with Gasteiger partial charge in [-0.05, 0) is 54.8 Å². The normalized spacial score (nSPS) is 18.0. The van der Waals surface area contributed by atoms with E-state index in [1.165, 1.54) is 6.07 Å². The summed E-state index contributed by atoms with van der Waals surface area (Å²) < 4.78 is 36.9. The zero-order chi connectivity index (χ0) is 24.9. The van der Waals surface area contributed by atoms with Gasteiger partial charge < -0.3 is 29.6 Å². The molecule has 0 saturated carbocycles. The summed E-state index contributed by atoms with van der Waals surface area (Å²) >= 11 is 0. The van der Waals surface area contributed by atoms with Crippen molar-refractivity contribution in [1.29, 1.82) is 0 Å². The molecule has 37 heavy (non-hydrogen) atoms. The van der Waals surface area contributed by atoms with Crippen LogP contribution in [0.4, 0.5) is 4.39 Å². The number of carbonyl (C=O) groups is 1. The maximum absolute atomic E-state index is 14.7. The second-order valence-electron chi connectivity index (χ2n) is 8.92. The Labute approximate surface area is 221 Å². The fraction of sp³-hybridized carbons (Fsp3) is 0.321. The van der Waals surface area contributed by atoms with Crippen molar-refractivity contribution in [3.63, 3.8) is 0 Å². The van der Waals surface area contributed by atoms with E-state index in [4.69, 9.17) is 18.9 Å². The van der Waals surface area contributed by atoms with Gasteiger partial charge in [-0.2, -0.15) is 0 Å². The highest BCUT2D eigenvalue weighted by atomic mass is 35.5. The summed E-state index contributed by atoms with van der Waals surface area (Å²) in [5.74, 6) is 2.04. The summed E-state index contributed by atoms with van der Waals surface area (Å²) in [6.45, 7) is 2.54. The van der Waals surface area contributed by atoms with E-state index in [0.717, 1.165) is 30.6 Å². The van der Waals surface area contributed by atoms with Crippen molar-refractivity contribution in [2.24, 2.45) is 5.92 Å². The quantitative estimate of drug-likeness (QED) is 0.442. The van der Waals surface area contributed by atoms with Crippen LogP contribution in [-0.4, -0.2) is 39.5 Å². The van der Waals surface area contributed by atoms with Gasteiger partial charge in [-0.1, -0.05) is 24.3 Å². The summed E-state index contributed by atoms with van der Waals surface area (Å²) in [5, 5.41) is 6.24. The third kappa shape index (κ3) is 6.09. The van der Waals surface area contributed by atoms with Crippen LogP contribution in [0.25, 0.3) is 0 Å². The monoisotopic (exact) mass is 528 g/mol. The number of hydrogen-bond acceptors (Lipinski definition) is 6. The van der Waals surface area contributed by atoms with Crippen LogP contribution < -0.4 is 29.6 Å². The Bertz CT molecular complexity index is 1240. The lowest BCUT2D eigenvalue weighted by atomic mass is 9.81. The molecule has 7 nitrogen and oxygen atoms in total. The molecule has 3 aromatic carbocycles. The third-order valence-electron chi connectivity index (χ3n) is 6.71. The largest absolute Gasteiger partial charge is 0.496 e. The minimum Gasteiger partial charge on any atom is -0.496 e. The fourth-order valence-electron chi connectivity index (χ4n) is 4.77. The molecule has 0 radical (unpaired) electrons. The second kappa shape index (κ2) is 12.2. The van der Waals surface area contributed by atoms with E-state index in [9.17, 15) is 9.18 Å². The molecule has 2 atom stereocenters. The number of carbonyl (C=O) groups excluding carboxylic acids is 1. The molecule has 9 heteroatoms. The summed E-state index contributed by atoms with van der Waals surface area (Å²) in [6.07, 6.45) is 0.864. The predicted molar refractivity (Wildman–Crippen MR) is 140 cm³/mol. The minimum absolute atomic E-state index is 0. The number of methoxy groups -OCH3 is 1. The molecule has 1 amide bonds. The average molecular weight is 529 g/mol. The summed E-state index contributed by atoms with van der Waals surface area (Å²) in [6, 6.07) is 17.8. The predicted octanol–water partition coefficient (Wildman–Crippen LogP) is 4.69. The van der Waals surface area contributed by atoms with Gasteiger partial charge in [0.2, 0.25) is 6.79 Å². The number of piperidine rings is 1. The molecule has 0 aliphatic carbocycles. The Morgan fingerprint density at radius 2 is 1.95 bits per heavy atom. The Balaban J connectivity index is 0.00000320. The lowest BCUT2D eigenvalue weighted by molar-refractivity contribution is 0.0946. The molecule has 0 aromatic heterocycles. The molecule has 1 saturated heterocycles. The van der Waals surface area contributed by atoms with E-state index in [-0.39, 0.29) is 43.1 Å². The molecule has 0 unspecified atom stereocenters. The lowest BCUT2D eigenvalue weighted by Crippen LogP contribution is -2.38. The van der Waals surface area contributed by atoms with Gasteiger partial charge in [-0.25, -0.2) is 4.39 Å². The number of nitrogens with one attached hydrogen (secondary N) is 2. The first-order chi connectivity index (χ1) is 17.6. The molecule has 5 rings (SSSR count). The smallest absolute Gasteiger partial charge is 0.254 e. The van der Waals surface area contributed by atoms with Crippen molar-refractivity contribution in [3.8, 4) is 23.0 Å². The third-order valence-corrected chi connectivity index (χ3v) is 6.71. The first-order valence-electron chi connectivity index (χ1n) is 12.0. The van der Waals surface area contributed by atoms with Crippen LogP contribution in [0.15, 0.2) is 60.7 Å². The van der Waals surface area contributed by atoms with Crippen molar-refractivity contribution in [3.05, 3.63) is 83.2 Å². The molecular formula is C28H30ClFN2O5. The molecule has 196 valence electrons. The second-order valence-corrected chi connectivity index (χ2v) is 8.92. The van der Waals surface area contributed by atoms with Crippen LogP contribution in [-0.2, 0) is 6.54 Å². The van der Waals surface area contributed by atoms with Crippen LogP contribution in [0.3, 0.4) is 0 Å². The molecule has 3 aromatic rings. The van der Waals surface area contributed by atoms with Crippen LogP contribution in [0.2, 0.25) is 0 Å². The van der Waals surface area contributed by atoms with Gasteiger partial charge in [-0.15, -0.1) is 12.4 Å². The van der Waals surface area contributed by atoms with Crippen LogP contribution >= 0.6 is 12.4 Å². The van der Waals surface area contributed by atoms with Gasteiger partial charge in [0.15, 0.2) is 11.5 Å². The lowest BCUT2D eigenvalue weighted by Gasteiger charge is -2.32. The van der Waals surface area contributed by atoms with Gasteiger partial charge in [0, 0.05) is 30.6 Å². The number of rotatable bonds is 8. The minimum atomic E-state index is -0.543. The number of ether oxygens (including phenoxy) is 4. The molecule has 2 aliphatic rings. The summed E-state index contributed by atoms with van der Waals surface area (Å²) in [4.78, 5) is 12.9. The Morgan fingerprint density at radius 3 is 2.81 bits per heavy atom. The molecule has 1 fully saturated rings. The summed E-state index contributed by atoms with van der Waals surface area (Å²) in [7, 11) is 1.58. The van der Waals surface area contributed by atoms with Crippen molar-refractivity contribution < 1.29 is 28.1 Å². The van der Waals surface area contributed by atoms with Gasteiger partial charge in [0.1, 0.15) is 17.3 Å². The van der Waals surface area contributed by atoms with Gasteiger partial charge in [-0.3, -0.25) is 4.79 Å². The number of para-hydroxylation sites is 1. The van der Waals surface area contributed by atoms with Crippen molar-refractivity contribution in [1.82, 2.24) is 10.6 Å². The van der Waals surface area contributed by atoms with Crippen LogP contribution in [0.1, 0.15) is 33.8 Å². The Hall–Kier alpha value is -3.49. The van der Waals surface area contributed by atoms with E-state index < -0.39 is 11.7 Å². The fourth-order valence-corrected chi connectivity index (χ4v) is 4.77. The molecular weight excluding hydrogens is 499 g/mol. The summed E-state index contributed by atoms with van der Waals surface area (Å²) in [5.41, 5.74) is 1.79. The molecule has 0 bridgehead atoms. The zero-order valence-electron chi connectivity index (χ0n) is 20.5. The first kappa shape index (κ1) is 26.6. The van der Waals surface area contributed by atoms with E-state index in [1.54, 1.807) is 19.2 Å².